The molecule has 0 amide bonds. The lowest BCUT2D eigenvalue weighted by molar-refractivity contribution is 0.284. The summed E-state index contributed by atoms with van der Waals surface area (Å²) in [4.78, 5) is 0. The van der Waals surface area contributed by atoms with Crippen molar-refractivity contribution in [1.29, 1.82) is 0 Å². The van der Waals surface area contributed by atoms with Crippen molar-refractivity contribution in [3.63, 3.8) is 0 Å². The maximum Gasteiger partial charge on any atom is 0.0431 e. The largest absolute Gasteiger partial charge is 0.396 e. The minimum absolute atomic E-state index is 0.298. The molecule has 0 spiro atoms. The minimum Gasteiger partial charge on any atom is -0.396 e. The minimum atomic E-state index is 0.298. The molecule has 1 aromatic rings. The van der Waals surface area contributed by atoms with Crippen LogP contribution in [0.1, 0.15) is 18.4 Å². The molecule has 0 aliphatic rings. The van der Waals surface area contributed by atoms with Gasteiger partial charge in [0.2, 0.25) is 0 Å². The van der Waals surface area contributed by atoms with Gasteiger partial charge in [0.1, 0.15) is 0 Å². The molecule has 1 radical (unpaired) electrons. The fourth-order valence-corrected chi connectivity index (χ4v) is 1.01. The van der Waals surface area contributed by atoms with E-state index in [0.717, 1.165) is 19.3 Å². The summed E-state index contributed by atoms with van der Waals surface area (Å²) < 4.78 is 0. The Kier molecular flexibility index (Phi) is 3.70. The van der Waals surface area contributed by atoms with E-state index < -0.39 is 0 Å². The summed E-state index contributed by atoms with van der Waals surface area (Å²) in [6.45, 7) is 0.298. The molecule has 0 unspecified atom stereocenters. The van der Waals surface area contributed by atoms with Crippen LogP contribution in [0.15, 0.2) is 24.3 Å². The predicted molar refractivity (Wildman–Crippen MR) is 45.3 cm³/mol. The molecule has 1 aromatic carbocycles. The smallest absolute Gasteiger partial charge is 0.0431 e. The summed E-state index contributed by atoms with van der Waals surface area (Å²) >= 11 is 0. The van der Waals surface area contributed by atoms with E-state index in [1.165, 1.54) is 5.56 Å². The summed E-state index contributed by atoms with van der Waals surface area (Å²) in [7, 11) is 0. The van der Waals surface area contributed by atoms with Crippen molar-refractivity contribution in [1.82, 2.24) is 0 Å². The highest BCUT2D eigenvalue weighted by Crippen LogP contribution is 2.02. The van der Waals surface area contributed by atoms with Crippen LogP contribution >= 0.6 is 0 Å². The Bertz CT molecular complexity index is 181. The summed E-state index contributed by atoms with van der Waals surface area (Å²) in [5.41, 5.74) is 1.24. The van der Waals surface area contributed by atoms with E-state index in [-0.39, 0.29) is 0 Å². The van der Waals surface area contributed by atoms with Gasteiger partial charge in [0.15, 0.2) is 0 Å². The van der Waals surface area contributed by atoms with Gasteiger partial charge in [-0.3, -0.25) is 0 Å². The van der Waals surface area contributed by atoms with Gasteiger partial charge in [-0.25, -0.2) is 0 Å². The molecule has 0 fully saturated rings. The van der Waals surface area contributed by atoms with Crippen LogP contribution in [0, 0.1) is 6.07 Å². The highest BCUT2D eigenvalue weighted by molar-refractivity contribution is 5.12. The van der Waals surface area contributed by atoms with Crippen LogP contribution in [0.4, 0.5) is 0 Å². The maximum atomic E-state index is 8.53. The summed E-state index contributed by atoms with van der Waals surface area (Å²) in [6.07, 6.45) is 2.97. The molecule has 1 N–H and O–H groups in total. The van der Waals surface area contributed by atoms with Gasteiger partial charge >= 0.3 is 0 Å². The van der Waals surface area contributed by atoms with E-state index in [0.29, 0.717) is 6.61 Å². The van der Waals surface area contributed by atoms with Gasteiger partial charge < -0.3 is 5.11 Å². The molecule has 0 bridgehead atoms. The van der Waals surface area contributed by atoms with Gasteiger partial charge in [-0.05, 0) is 30.9 Å². The second kappa shape index (κ2) is 4.91. The summed E-state index contributed by atoms with van der Waals surface area (Å²) in [6, 6.07) is 11.1. The van der Waals surface area contributed by atoms with Gasteiger partial charge in [0.05, 0.1) is 0 Å². The lowest BCUT2D eigenvalue weighted by Crippen LogP contribution is -1.87. The van der Waals surface area contributed by atoms with E-state index in [2.05, 4.69) is 12.1 Å². The quantitative estimate of drug-likeness (QED) is 0.647. The zero-order valence-electron chi connectivity index (χ0n) is 6.59. The van der Waals surface area contributed by atoms with Crippen molar-refractivity contribution in [2.75, 3.05) is 6.61 Å². The Morgan fingerprint density at radius 3 is 2.82 bits per heavy atom. The third-order valence-electron chi connectivity index (χ3n) is 1.63. The van der Waals surface area contributed by atoms with Crippen LogP contribution in [0.25, 0.3) is 0 Å². The molecule has 0 aliphatic heterocycles. The zero-order chi connectivity index (χ0) is 7.94. The molecular weight excluding hydrogens is 136 g/mol. The SMILES string of the molecule is OCCCCc1[c]cccc1. The average molecular weight is 149 g/mol. The number of hydrogen-bond donors (Lipinski definition) is 1. The van der Waals surface area contributed by atoms with Crippen molar-refractivity contribution in [3.05, 3.63) is 35.9 Å². The molecule has 0 aromatic heterocycles. The van der Waals surface area contributed by atoms with E-state index in [9.17, 15) is 0 Å². The first-order valence-corrected chi connectivity index (χ1v) is 4.00. The first kappa shape index (κ1) is 8.28. The van der Waals surface area contributed by atoms with Gasteiger partial charge in [0, 0.05) is 6.61 Å². The first-order chi connectivity index (χ1) is 5.43. The number of hydrogen-bond acceptors (Lipinski definition) is 1. The van der Waals surface area contributed by atoms with Crippen LogP contribution in [-0.2, 0) is 6.42 Å². The highest BCUT2D eigenvalue weighted by atomic mass is 16.2. The molecule has 0 atom stereocenters. The Morgan fingerprint density at radius 2 is 2.18 bits per heavy atom. The van der Waals surface area contributed by atoms with Crippen LogP contribution in [-0.4, -0.2) is 11.7 Å². The number of rotatable bonds is 4. The Hall–Kier alpha value is -0.820. The highest BCUT2D eigenvalue weighted by Gasteiger charge is 1.90. The molecule has 11 heavy (non-hydrogen) atoms. The molecular formula is C10H13O. The number of aryl methyl sites for hydroxylation is 1. The second-order valence-electron chi connectivity index (χ2n) is 2.57. The number of unbranched alkanes of at least 4 members (excludes halogenated alkanes) is 1. The van der Waals surface area contributed by atoms with Crippen LogP contribution < -0.4 is 0 Å². The Labute approximate surface area is 67.7 Å². The molecule has 1 nitrogen and oxygen atoms in total. The van der Waals surface area contributed by atoms with Crippen molar-refractivity contribution in [3.8, 4) is 0 Å². The Balaban J connectivity index is 2.28. The van der Waals surface area contributed by atoms with E-state index >= 15 is 0 Å². The summed E-state index contributed by atoms with van der Waals surface area (Å²) in [5, 5.41) is 8.53. The zero-order valence-corrected chi connectivity index (χ0v) is 6.59. The lowest BCUT2D eigenvalue weighted by Gasteiger charge is -1.97. The monoisotopic (exact) mass is 149 g/mol. The van der Waals surface area contributed by atoms with E-state index in [1.807, 2.05) is 18.2 Å². The normalized spacial score (nSPS) is 9.91. The predicted octanol–water partition coefficient (Wildman–Crippen LogP) is 1.80. The molecule has 1 heteroatoms. The molecule has 0 saturated heterocycles. The summed E-state index contributed by atoms with van der Waals surface area (Å²) in [5.74, 6) is 0. The van der Waals surface area contributed by atoms with Gasteiger partial charge in [-0.2, -0.15) is 0 Å². The molecule has 0 heterocycles. The third kappa shape index (κ3) is 3.19. The van der Waals surface area contributed by atoms with Crippen LogP contribution in [0.5, 0.6) is 0 Å². The average Bonchev–Trinajstić information content (AvgIpc) is 2.07. The number of benzene rings is 1. The topological polar surface area (TPSA) is 20.2 Å². The molecule has 1 rings (SSSR count). The first-order valence-electron chi connectivity index (χ1n) is 4.00. The van der Waals surface area contributed by atoms with Crippen molar-refractivity contribution < 1.29 is 5.11 Å². The van der Waals surface area contributed by atoms with Crippen molar-refractivity contribution in [2.45, 2.75) is 19.3 Å². The van der Waals surface area contributed by atoms with Gasteiger partial charge in [-0.1, -0.05) is 24.3 Å². The number of aliphatic hydroxyl groups excluding tert-OH is 1. The van der Waals surface area contributed by atoms with Crippen molar-refractivity contribution in [2.24, 2.45) is 0 Å². The van der Waals surface area contributed by atoms with E-state index in [1.54, 1.807) is 0 Å². The molecule has 59 valence electrons. The Morgan fingerprint density at radius 1 is 1.27 bits per heavy atom. The standard InChI is InChI=1S/C10H13O/c11-9-5-4-8-10-6-2-1-3-7-10/h1-3,6,11H,4-5,8-9H2. The van der Waals surface area contributed by atoms with Crippen LogP contribution in [0.2, 0.25) is 0 Å². The fourth-order valence-electron chi connectivity index (χ4n) is 1.01. The third-order valence-corrected chi connectivity index (χ3v) is 1.63. The lowest BCUT2D eigenvalue weighted by atomic mass is 10.1. The van der Waals surface area contributed by atoms with E-state index in [4.69, 9.17) is 5.11 Å². The maximum absolute atomic E-state index is 8.53. The molecule has 0 saturated carbocycles. The fraction of sp³-hybridized carbons (Fsp3) is 0.400. The van der Waals surface area contributed by atoms with Crippen LogP contribution in [0.3, 0.4) is 0 Å². The second-order valence-corrected chi connectivity index (χ2v) is 2.57. The van der Waals surface area contributed by atoms with Gasteiger partial charge in [-0.15, -0.1) is 0 Å². The van der Waals surface area contributed by atoms with Crippen molar-refractivity contribution >= 4 is 0 Å². The molecule has 0 aliphatic carbocycles. The number of aliphatic hydroxyl groups is 1. The van der Waals surface area contributed by atoms with Gasteiger partial charge in [0.25, 0.3) is 0 Å².